The quantitative estimate of drug-likeness (QED) is 0.408. The third-order valence-corrected chi connectivity index (χ3v) is 4.07. The minimum atomic E-state index is -1.17. The van der Waals surface area contributed by atoms with Crippen LogP contribution in [0.4, 0.5) is 14.5 Å². The summed E-state index contributed by atoms with van der Waals surface area (Å²) in [4.78, 5) is 34.8. The van der Waals surface area contributed by atoms with Gasteiger partial charge in [-0.3, -0.25) is 14.9 Å². The molecule has 1 N–H and O–H groups in total. The molecule has 0 unspecified atom stereocenters. The smallest absolute Gasteiger partial charge is 0.328 e. The summed E-state index contributed by atoms with van der Waals surface area (Å²) in [5.41, 5.74) is 0.306. The third kappa shape index (κ3) is 5.71. The largest absolute Gasteiger partial charge is 0.496 e. The number of halogens is 2. The monoisotopic (exact) mass is 408 g/mol. The molecule has 1 atom stereocenters. The molecule has 2 rings (SSSR count). The van der Waals surface area contributed by atoms with Crippen LogP contribution in [-0.4, -0.2) is 37.1 Å². The molecular formula is C19H18F2N2O6. The number of nitrogens with one attached hydrogen (secondary N) is 1. The Labute approximate surface area is 164 Å². The highest BCUT2D eigenvalue weighted by Crippen LogP contribution is 2.25. The maximum absolute atomic E-state index is 13.3. The standard InChI is InChI=1S/C19H18F2N2O6/c1-28-17-6-4-13(23(26)27)9-12(17)10-16(19(25)29-2)22-18(24)8-11-3-5-14(20)15(21)7-11/h3-7,9,16H,8,10H2,1-2H3,(H,22,24)/t16-/m0/s1. The number of esters is 1. The summed E-state index contributed by atoms with van der Waals surface area (Å²) in [7, 11) is 2.49. The van der Waals surface area contributed by atoms with Gasteiger partial charge in [0.2, 0.25) is 5.91 Å². The normalized spacial score (nSPS) is 11.4. The highest BCUT2D eigenvalue weighted by atomic mass is 19.2. The molecule has 8 nitrogen and oxygen atoms in total. The Bertz CT molecular complexity index is 935. The topological polar surface area (TPSA) is 108 Å². The van der Waals surface area contributed by atoms with E-state index >= 15 is 0 Å². The lowest BCUT2D eigenvalue weighted by molar-refractivity contribution is -0.384. The van der Waals surface area contributed by atoms with E-state index in [9.17, 15) is 28.5 Å². The van der Waals surface area contributed by atoms with Gasteiger partial charge in [-0.25, -0.2) is 13.6 Å². The average molecular weight is 408 g/mol. The summed E-state index contributed by atoms with van der Waals surface area (Å²) in [6, 6.07) is 5.70. The van der Waals surface area contributed by atoms with Crippen molar-refractivity contribution in [2.75, 3.05) is 14.2 Å². The summed E-state index contributed by atoms with van der Waals surface area (Å²) in [6.07, 6.45) is -0.447. The Morgan fingerprint density at radius 1 is 1.14 bits per heavy atom. The molecule has 0 saturated carbocycles. The van der Waals surface area contributed by atoms with Crippen LogP contribution in [0.2, 0.25) is 0 Å². The number of nitro groups is 1. The first kappa shape index (κ1) is 21.7. The molecule has 0 aliphatic rings. The minimum Gasteiger partial charge on any atom is -0.496 e. The van der Waals surface area contributed by atoms with Gasteiger partial charge in [0.1, 0.15) is 11.8 Å². The molecule has 2 aromatic rings. The van der Waals surface area contributed by atoms with Crippen molar-refractivity contribution >= 4 is 17.6 Å². The molecule has 154 valence electrons. The van der Waals surface area contributed by atoms with Crippen LogP contribution in [0.5, 0.6) is 5.75 Å². The number of ether oxygens (including phenoxy) is 2. The lowest BCUT2D eigenvalue weighted by Gasteiger charge is -2.18. The lowest BCUT2D eigenvalue weighted by atomic mass is 10.0. The summed E-state index contributed by atoms with van der Waals surface area (Å²) >= 11 is 0. The van der Waals surface area contributed by atoms with Crippen molar-refractivity contribution in [3.05, 3.63) is 69.3 Å². The number of non-ortho nitro benzene ring substituents is 1. The minimum absolute atomic E-state index is 0.138. The van der Waals surface area contributed by atoms with Gasteiger partial charge in [-0.2, -0.15) is 0 Å². The van der Waals surface area contributed by atoms with Crippen LogP contribution >= 0.6 is 0 Å². The fourth-order valence-electron chi connectivity index (χ4n) is 2.67. The average Bonchev–Trinajstić information content (AvgIpc) is 2.69. The molecule has 2 aromatic carbocycles. The van der Waals surface area contributed by atoms with Crippen LogP contribution < -0.4 is 10.1 Å². The second-order valence-electron chi connectivity index (χ2n) is 6.03. The SMILES string of the molecule is COC(=O)[C@H](Cc1cc([N+](=O)[O-])ccc1OC)NC(=O)Cc1ccc(F)c(F)c1. The van der Waals surface area contributed by atoms with Crippen molar-refractivity contribution in [3.63, 3.8) is 0 Å². The van der Waals surface area contributed by atoms with E-state index < -0.39 is 34.5 Å². The zero-order chi connectivity index (χ0) is 21.6. The second-order valence-corrected chi connectivity index (χ2v) is 6.03. The first-order valence-electron chi connectivity index (χ1n) is 8.37. The van der Waals surface area contributed by atoms with E-state index in [2.05, 4.69) is 10.1 Å². The molecule has 0 spiro atoms. The number of rotatable bonds is 8. The van der Waals surface area contributed by atoms with Gasteiger partial charge in [-0.15, -0.1) is 0 Å². The number of hydrogen-bond donors (Lipinski definition) is 1. The van der Waals surface area contributed by atoms with Crippen LogP contribution in [0.3, 0.4) is 0 Å². The Kier molecular flexibility index (Phi) is 7.18. The van der Waals surface area contributed by atoms with Gasteiger partial charge < -0.3 is 14.8 Å². The maximum atomic E-state index is 13.3. The Morgan fingerprint density at radius 2 is 1.86 bits per heavy atom. The van der Waals surface area contributed by atoms with E-state index in [-0.39, 0.29) is 24.1 Å². The van der Waals surface area contributed by atoms with Crippen LogP contribution in [0.25, 0.3) is 0 Å². The fourth-order valence-corrected chi connectivity index (χ4v) is 2.67. The van der Waals surface area contributed by atoms with Crippen LogP contribution in [0, 0.1) is 21.7 Å². The van der Waals surface area contributed by atoms with Crippen LogP contribution in [-0.2, 0) is 27.2 Å². The van der Waals surface area contributed by atoms with Crippen molar-refractivity contribution in [2.24, 2.45) is 0 Å². The van der Waals surface area contributed by atoms with E-state index in [1.807, 2.05) is 0 Å². The number of carbonyl (C=O) groups excluding carboxylic acids is 2. The molecule has 10 heteroatoms. The van der Waals surface area contributed by atoms with Crippen LogP contribution in [0.15, 0.2) is 36.4 Å². The van der Waals surface area contributed by atoms with Gasteiger partial charge >= 0.3 is 5.97 Å². The number of nitrogens with zero attached hydrogens (tertiary/aromatic N) is 1. The molecule has 0 aliphatic carbocycles. The molecule has 0 radical (unpaired) electrons. The molecule has 0 aliphatic heterocycles. The number of benzene rings is 2. The first-order valence-corrected chi connectivity index (χ1v) is 8.37. The first-order chi connectivity index (χ1) is 13.7. The Balaban J connectivity index is 2.20. The number of nitro benzene ring substituents is 1. The molecule has 0 saturated heterocycles. The summed E-state index contributed by atoms with van der Waals surface area (Å²) in [5, 5.41) is 13.5. The zero-order valence-corrected chi connectivity index (χ0v) is 15.6. The summed E-state index contributed by atoms with van der Waals surface area (Å²) < 4.78 is 36.1. The highest BCUT2D eigenvalue weighted by molar-refractivity contribution is 5.86. The number of carbonyl (C=O) groups is 2. The highest BCUT2D eigenvalue weighted by Gasteiger charge is 2.25. The van der Waals surface area contributed by atoms with Crippen molar-refractivity contribution in [3.8, 4) is 5.75 Å². The lowest BCUT2D eigenvalue weighted by Crippen LogP contribution is -2.43. The third-order valence-electron chi connectivity index (χ3n) is 4.07. The molecule has 0 fully saturated rings. The van der Waals surface area contributed by atoms with Gasteiger partial charge in [-0.05, 0) is 23.8 Å². The van der Waals surface area contributed by atoms with E-state index in [0.29, 0.717) is 11.3 Å². The van der Waals surface area contributed by atoms with Gasteiger partial charge in [0.25, 0.3) is 5.69 Å². The predicted molar refractivity (Wildman–Crippen MR) is 97.4 cm³/mol. The van der Waals surface area contributed by atoms with Gasteiger partial charge in [0.05, 0.1) is 25.6 Å². The van der Waals surface area contributed by atoms with Gasteiger partial charge in [0.15, 0.2) is 11.6 Å². The molecule has 29 heavy (non-hydrogen) atoms. The maximum Gasteiger partial charge on any atom is 0.328 e. The van der Waals surface area contributed by atoms with Crippen molar-refractivity contribution in [1.82, 2.24) is 5.32 Å². The van der Waals surface area contributed by atoms with E-state index in [4.69, 9.17) is 4.74 Å². The molecular weight excluding hydrogens is 390 g/mol. The van der Waals surface area contributed by atoms with Gasteiger partial charge in [-0.1, -0.05) is 6.07 Å². The summed E-state index contributed by atoms with van der Waals surface area (Å²) in [5.74, 6) is -3.27. The van der Waals surface area contributed by atoms with E-state index in [0.717, 1.165) is 19.2 Å². The fraction of sp³-hybridized carbons (Fsp3) is 0.263. The van der Waals surface area contributed by atoms with Gasteiger partial charge in [0, 0.05) is 24.1 Å². The summed E-state index contributed by atoms with van der Waals surface area (Å²) in [6.45, 7) is 0. The predicted octanol–water partition coefficient (Wildman–Crippen LogP) is 2.32. The van der Waals surface area contributed by atoms with E-state index in [1.54, 1.807) is 0 Å². The second kappa shape index (κ2) is 9.58. The molecule has 0 aromatic heterocycles. The van der Waals surface area contributed by atoms with Crippen molar-refractivity contribution in [1.29, 1.82) is 0 Å². The van der Waals surface area contributed by atoms with Crippen molar-refractivity contribution in [2.45, 2.75) is 18.9 Å². The Hall–Kier alpha value is -3.56. The van der Waals surface area contributed by atoms with Crippen molar-refractivity contribution < 1.29 is 32.8 Å². The molecule has 0 bridgehead atoms. The van der Waals surface area contributed by atoms with Crippen LogP contribution in [0.1, 0.15) is 11.1 Å². The molecule has 1 amide bonds. The number of amides is 1. The number of methoxy groups -OCH3 is 2. The Morgan fingerprint density at radius 3 is 2.45 bits per heavy atom. The molecule has 0 heterocycles. The number of hydrogen-bond acceptors (Lipinski definition) is 6. The zero-order valence-electron chi connectivity index (χ0n) is 15.6. The van der Waals surface area contributed by atoms with E-state index in [1.165, 1.54) is 31.4 Å².